The first-order valence-corrected chi connectivity index (χ1v) is 7.85. The Morgan fingerprint density at radius 2 is 1.83 bits per heavy atom. The number of carbonyl (C=O) groups is 1. The smallest absolute Gasteiger partial charge is 0.254 e. The molecule has 3 rings (SSSR count). The van der Waals surface area contributed by atoms with E-state index in [2.05, 4.69) is 0 Å². The zero-order valence-corrected chi connectivity index (χ0v) is 12.8. The van der Waals surface area contributed by atoms with Crippen molar-refractivity contribution >= 4 is 5.91 Å². The van der Waals surface area contributed by atoms with E-state index >= 15 is 0 Å². The second kappa shape index (κ2) is 6.36. The summed E-state index contributed by atoms with van der Waals surface area (Å²) < 4.78 is 15.0. The minimum absolute atomic E-state index is 0.0350. The first kappa shape index (κ1) is 15.5. The highest BCUT2D eigenvalue weighted by atomic mass is 19.1. The van der Waals surface area contributed by atoms with Crippen molar-refractivity contribution in [2.75, 3.05) is 0 Å². The number of carbonyl (C=O) groups excluding carboxylic acids is 1. The predicted octanol–water partition coefficient (Wildman–Crippen LogP) is 2.40. The third-order valence-electron chi connectivity index (χ3n) is 4.37. The molecule has 1 amide bonds. The maximum atomic E-state index is 13.1. The summed E-state index contributed by atoms with van der Waals surface area (Å²) in [7, 11) is 0. The molecule has 0 saturated carbocycles. The number of amides is 1. The Labute approximate surface area is 133 Å². The lowest BCUT2D eigenvalue weighted by Gasteiger charge is -2.17. The van der Waals surface area contributed by atoms with Crippen LogP contribution < -0.4 is 11.2 Å². The van der Waals surface area contributed by atoms with E-state index in [1.807, 2.05) is 4.57 Å². The summed E-state index contributed by atoms with van der Waals surface area (Å²) in [6, 6.07) is 6.23. The lowest BCUT2D eigenvalue weighted by atomic mass is 10.0. The van der Waals surface area contributed by atoms with Crippen LogP contribution in [0.15, 0.2) is 35.3 Å². The molecule has 0 spiro atoms. The van der Waals surface area contributed by atoms with Crippen LogP contribution in [0.2, 0.25) is 0 Å². The molecule has 5 heteroatoms. The number of hydrogen-bond acceptors (Lipinski definition) is 2. The molecule has 0 atom stereocenters. The normalized spacial score (nSPS) is 14.1. The fourth-order valence-electron chi connectivity index (χ4n) is 3.19. The van der Waals surface area contributed by atoms with Crippen LogP contribution in [0.1, 0.15) is 46.4 Å². The van der Waals surface area contributed by atoms with E-state index in [1.54, 1.807) is 18.3 Å². The number of benzene rings is 1. The monoisotopic (exact) mass is 314 g/mol. The van der Waals surface area contributed by atoms with Gasteiger partial charge in [0.15, 0.2) is 5.43 Å². The van der Waals surface area contributed by atoms with Gasteiger partial charge in [-0.3, -0.25) is 9.59 Å². The standard InChI is InChI=1S/C18H19FN2O2/c19-13-8-6-12(7-9-13)10-21-11-15(18(20)23)17(22)14-4-2-1-3-5-16(14)21/h6-9,11H,1-5,10H2,(H2,20,23). The van der Waals surface area contributed by atoms with Gasteiger partial charge in [0.25, 0.3) is 5.91 Å². The highest BCUT2D eigenvalue weighted by Crippen LogP contribution is 2.20. The van der Waals surface area contributed by atoms with Crippen molar-refractivity contribution < 1.29 is 9.18 Å². The van der Waals surface area contributed by atoms with Crippen LogP contribution in [-0.4, -0.2) is 10.5 Å². The van der Waals surface area contributed by atoms with E-state index in [9.17, 15) is 14.0 Å². The van der Waals surface area contributed by atoms with Crippen LogP contribution in [0.5, 0.6) is 0 Å². The van der Waals surface area contributed by atoms with E-state index in [-0.39, 0.29) is 16.8 Å². The van der Waals surface area contributed by atoms with Gasteiger partial charge < -0.3 is 10.3 Å². The quantitative estimate of drug-likeness (QED) is 0.884. The van der Waals surface area contributed by atoms with E-state index in [1.165, 1.54) is 12.1 Å². The van der Waals surface area contributed by atoms with Crippen LogP contribution >= 0.6 is 0 Å². The topological polar surface area (TPSA) is 65.1 Å². The molecule has 1 aliphatic carbocycles. The van der Waals surface area contributed by atoms with Gasteiger partial charge >= 0.3 is 0 Å². The molecule has 2 aromatic rings. The largest absolute Gasteiger partial charge is 0.365 e. The van der Waals surface area contributed by atoms with Crippen LogP contribution in [0, 0.1) is 5.82 Å². The van der Waals surface area contributed by atoms with Gasteiger partial charge in [0.1, 0.15) is 11.4 Å². The Hall–Kier alpha value is -2.43. The highest BCUT2D eigenvalue weighted by molar-refractivity contribution is 5.92. The minimum Gasteiger partial charge on any atom is -0.365 e. The van der Waals surface area contributed by atoms with Crippen LogP contribution in [-0.2, 0) is 19.4 Å². The first-order valence-electron chi connectivity index (χ1n) is 7.85. The minimum atomic E-state index is -0.699. The van der Waals surface area contributed by atoms with Crippen molar-refractivity contribution in [2.24, 2.45) is 5.73 Å². The predicted molar refractivity (Wildman–Crippen MR) is 86.0 cm³/mol. The van der Waals surface area contributed by atoms with Gasteiger partial charge in [0.2, 0.25) is 0 Å². The average Bonchev–Trinajstić information content (AvgIpc) is 2.78. The van der Waals surface area contributed by atoms with Gasteiger partial charge in [-0.05, 0) is 43.4 Å². The summed E-state index contributed by atoms with van der Waals surface area (Å²) >= 11 is 0. The van der Waals surface area contributed by atoms with Crippen molar-refractivity contribution in [1.82, 2.24) is 4.57 Å². The number of halogens is 1. The number of nitrogens with zero attached hydrogens (tertiary/aromatic N) is 1. The molecule has 0 radical (unpaired) electrons. The molecule has 1 aromatic carbocycles. The number of nitrogens with two attached hydrogens (primary N) is 1. The van der Waals surface area contributed by atoms with Crippen molar-refractivity contribution in [3.8, 4) is 0 Å². The van der Waals surface area contributed by atoms with Crippen molar-refractivity contribution in [2.45, 2.75) is 38.6 Å². The maximum absolute atomic E-state index is 13.1. The Kier molecular flexibility index (Phi) is 4.28. The van der Waals surface area contributed by atoms with Crippen molar-refractivity contribution in [1.29, 1.82) is 0 Å². The fraction of sp³-hybridized carbons (Fsp3) is 0.333. The molecule has 120 valence electrons. The molecule has 1 heterocycles. The average molecular weight is 314 g/mol. The third kappa shape index (κ3) is 3.18. The second-order valence-corrected chi connectivity index (χ2v) is 5.98. The molecular formula is C18H19FN2O2. The summed E-state index contributed by atoms with van der Waals surface area (Å²) in [6.07, 6.45) is 6.07. The van der Waals surface area contributed by atoms with Gasteiger partial charge in [0, 0.05) is 24.0 Å². The van der Waals surface area contributed by atoms with Crippen LogP contribution in [0.25, 0.3) is 0 Å². The SMILES string of the molecule is NC(=O)c1cn(Cc2ccc(F)cc2)c2c(c1=O)CCCCC2. The summed E-state index contributed by atoms with van der Waals surface area (Å²) in [6.45, 7) is 0.489. The molecule has 0 saturated heterocycles. The summed E-state index contributed by atoms with van der Waals surface area (Å²) in [4.78, 5) is 24.1. The summed E-state index contributed by atoms with van der Waals surface area (Å²) in [5.74, 6) is -0.986. The second-order valence-electron chi connectivity index (χ2n) is 5.98. The molecule has 0 bridgehead atoms. The number of aromatic nitrogens is 1. The van der Waals surface area contributed by atoms with Crippen molar-refractivity contribution in [3.05, 3.63) is 68.9 Å². The van der Waals surface area contributed by atoms with Gasteiger partial charge in [-0.2, -0.15) is 0 Å². The first-order chi connectivity index (χ1) is 11.1. The van der Waals surface area contributed by atoms with Gasteiger partial charge in [-0.25, -0.2) is 4.39 Å². The Bertz CT molecular complexity index is 794. The van der Waals surface area contributed by atoms with Crippen LogP contribution in [0.3, 0.4) is 0 Å². The maximum Gasteiger partial charge on any atom is 0.254 e. The summed E-state index contributed by atoms with van der Waals surface area (Å²) in [5, 5.41) is 0. The van der Waals surface area contributed by atoms with E-state index in [4.69, 9.17) is 5.73 Å². The van der Waals surface area contributed by atoms with E-state index < -0.39 is 5.91 Å². The number of fused-ring (bicyclic) bond motifs is 1. The molecule has 23 heavy (non-hydrogen) atoms. The van der Waals surface area contributed by atoms with Crippen molar-refractivity contribution in [3.63, 3.8) is 0 Å². The number of rotatable bonds is 3. The molecule has 0 unspecified atom stereocenters. The highest BCUT2D eigenvalue weighted by Gasteiger charge is 2.20. The number of hydrogen-bond donors (Lipinski definition) is 1. The molecule has 1 aliphatic rings. The molecule has 2 N–H and O–H groups in total. The molecule has 0 aliphatic heterocycles. The molecular weight excluding hydrogens is 295 g/mol. The Morgan fingerprint density at radius 3 is 2.52 bits per heavy atom. The van der Waals surface area contributed by atoms with E-state index in [0.29, 0.717) is 18.5 Å². The Morgan fingerprint density at radius 1 is 1.13 bits per heavy atom. The summed E-state index contributed by atoms with van der Waals surface area (Å²) in [5.41, 5.74) is 7.77. The molecule has 0 fully saturated rings. The van der Waals surface area contributed by atoms with Gasteiger partial charge in [-0.1, -0.05) is 18.6 Å². The number of primary amides is 1. The third-order valence-corrected chi connectivity index (χ3v) is 4.37. The molecule has 4 nitrogen and oxygen atoms in total. The number of pyridine rings is 1. The lowest BCUT2D eigenvalue weighted by Crippen LogP contribution is -2.28. The Balaban J connectivity index is 2.10. The molecule has 1 aromatic heterocycles. The lowest BCUT2D eigenvalue weighted by molar-refractivity contribution is 0.0998. The van der Waals surface area contributed by atoms with E-state index in [0.717, 1.165) is 36.9 Å². The zero-order valence-electron chi connectivity index (χ0n) is 12.8. The fourth-order valence-corrected chi connectivity index (χ4v) is 3.19. The zero-order chi connectivity index (χ0) is 16.4. The van der Waals surface area contributed by atoms with Gasteiger partial charge in [0.05, 0.1) is 0 Å². The van der Waals surface area contributed by atoms with Crippen LogP contribution in [0.4, 0.5) is 4.39 Å². The van der Waals surface area contributed by atoms with Gasteiger partial charge in [-0.15, -0.1) is 0 Å².